The molecular formula is C24H33N5O2. The van der Waals surface area contributed by atoms with E-state index in [2.05, 4.69) is 41.2 Å². The van der Waals surface area contributed by atoms with E-state index in [1.54, 1.807) is 0 Å². The molecule has 1 unspecified atom stereocenters. The van der Waals surface area contributed by atoms with Crippen molar-refractivity contribution >= 4 is 17.0 Å². The third-order valence-corrected chi connectivity index (χ3v) is 5.02. The van der Waals surface area contributed by atoms with E-state index >= 15 is 0 Å². The summed E-state index contributed by atoms with van der Waals surface area (Å²) in [5.74, 6) is 3.19. The van der Waals surface area contributed by atoms with Crippen molar-refractivity contribution in [3.8, 4) is 11.5 Å². The average molecular weight is 424 g/mol. The molecule has 0 aliphatic rings. The molecule has 2 N–H and O–H groups in total. The van der Waals surface area contributed by atoms with E-state index < -0.39 is 0 Å². The largest absolute Gasteiger partial charge is 0.490 e. The molecule has 7 heteroatoms. The van der Waals surface area contributed by atoms with Gasteiger partial charge in [0.1, 0.15) is 12.4 Å². The zero-order chi connectivity index (χ0) is 22.2. The van der Waals surface area contributed by atoms with Crippen LogP contribution in [0.4, 0.5) is 0 Å². The van der Waals surface area contributed by atoms with E-state index in [0.29, 0.717) is 19.8 Å². The molecule has 0 radical (unpaired) electrons. The highest BCUT2D eigenvalue weighted by Gasteiger charge is 2.13. The zero-order valence-electron chi connectivity index (χ0n) is 19.1. The molecule has 7 nitrogen and oxygen atoms in total. The number of aryl methyl sites for hydroxylation is 1. The van der Waals surface area contributed by atoms with Gasteiger partial charge in [0.2, 0.25) is 0 Å². The van der Waals surface area contributed by atoms with Gasteiger partial charge in [0.15, 0.2) is 17.5 Å². The summed E-state index contributed by atoms with van der Waals surface area (Å²) in [6.07, 6.45) is 0. The lowest BCUT2D eigenvalue weighted by atomic mass is 10.1. The predicted octanol–water partition coefficient (Wildman–Crippen LogP) is 4.19. The van der Waals surface area contributed by atoms with Crippen LogP contribution in [0, 0.1) is 0 Å². The van der Waals surface area contributed by atoms with Gasteiger partial charge in [0.25, 0.3) is 0 Å². The Morgan fingerprint density at radius 1 is 1.06 bits per heavy atom. The van der Waals surface area contributed by atoms with Crippen LogP contribution in [0.2, 0.25) is 0 Å². The SMILES string of the molecule is CCNC(=NCc1nc2ccccc2n1C)NC(C)c1ccc(OCC)c(OCC)c1. The van der Waals surface area contributed by atoms with Crippen molar-refractivity contribution in [3.05, 3.63) is 53.9 Å². The fourth-order valence-corrected chi connectivity index (χ4v) is 3.43. The lowest BCUT2D eigenvalue weighted by Crippen LogP contribution is -2.38. The first kappa shape index (κ1) is 22.5. The van der Waals surface area contributed by atoms with Crippen molar-refractivity contribution in [2.24, 2.45) is 12.0 Å². The number of aliphatic imine (C=N–C) groups is 1. The first-order valence-electron chi connectivity index (χ1n) is 10.9. The van der Waals surface area contributed by atoms with E-state index in [1.165, 1.54) is 0 Å². The lowest BCUT2D eigenvalue weighted by molar-refractivity contribution is 0.287. The maximum atomic E-state index is 5.77. The standard InChI is InChI=1S/C24H33N5O2/c1-6-25-24(26-16-23-28-19-11-9-10-12-20(19)29(23)5)27-17(4)18-13-14-21(30-7-2)22(15-18)31-8-3/h9-15,17H,6-8,16H2,1-5H3,(H2,25,26,27). The van der Waals surface area contributed by atoms with Crippen molar-refractivity contribution < 1.29 is 9.47 Å². The Morgan fingerprint density at radius 2 is 1.81 bits per heavy atom. The molecule has 0 bridgehead atoms. The molecule has 1 heterocycles. The molecule has 3 rings (SSSR count). The highest BCUT2D eigenvalue weighted by Crippen LogP contribution is 2.30. The van der Waals surface area contributed by atoms with Crippen LogP contribution >= 0.6 is 0 Å². The Morgan fingerprint density at radius 3 is 2.52 bits per heavy atom. The van der Waals surface area contributed by atoms with E-state index in [9.17, 15) is 0 Å². The molecule has 2 aromatic carbocycles. The van der Waals surface area contributed by atoms with Gasteiger partial charge in [0, 0.05) is 13.6 Å². The number of ether oxygens (including phenoxy) is 2. The molecular weight excluding hydrogens is 390 g/mol. The summed E-state index contributed by atoms with van der Waals surface area (Å²) in [5, 5.41) is 6.81. The molecule has 1 aromatic heterocycles. The molecule has 0 aliphatic heterocycles. The molecule has 0 fully saturated rings. The van der Waals surface area contributed by atoms with Gasteiger partial charge in [-0.2, -0.15) is 0 Å². The van der Waals surface area contributed by atoms with Crippen molar-refractivity contribution in [1.82, 2.24) is 20.2 Å². The second-order valence-corrected chi connectivity index (χ2v) is 7.21. The quantitative estimate of drug-likeness (QED) is 0.399. The number of nitrogens with zero attached hydrogens (tertiary/aromatic N) is 3. The second-order valence-electron chi connectivity index (χ2n) is 7.21. The second kappa shape index (κ2) is 10.7. The fraction of sp³-hybridized carbons (Fsp3) is 0.417. The Labute approximate surface area is 184 Å². The van der Waals surface area contributed by atoms with Crippen molar-refractivity contribution in [3.63, 3.8) is 0 Å². The number of rotatable bonds is 9. The van der Waals surface area contributed by atoms with Crippen LogP contribution in [0.3, 0.4) is 0 Å². The van der Waals surface area contributed by atoms with Gasteiger partial charge in [-0.1, -0.05) is 18.2 Å². The Balaban J connectivity index is 1.77. The maximum absolute atomic E-state index is 5.77. The lowest BCUT2D eigenvalue weighted by Gasteiger charge is -2.20. The van der Waals surface area contributed by atoms with Crippen molar-refractivity contribution in [1.29, 1.82) is 0 Å². The molecule has 0 amide bonds. The molecule has 0 spiro atoms. The van der Waals surface area contributed by atoms with Crippen LogP contribution in [0.25, 0.3) is 11.0 Å². The molecule has 31 heavy (non-hydrogen) atoms. The van der Waals surface area contributed by atoms with Gasteiger partial charge >= 0.3 is 0 Å². The van der Waals surface area contributed by atoms with E-state index in [1.807, 2.05) is 51.2 Å². The molecule has 0 saturated heterocycles. The average Bonchev–Trinajstić information content (AvgIpc) is 3.09. The summed E-state index contributed by atoms with van der Waals surface area (Å²) >= 11 is 0. The monoisotopic (exact) mass is 423 g/mol. The number of guanidine groups is 1. The summed E-state index contributed by atoms with van der Waals surface area (Å²) in [5.41, 5.74) is 3.19. The number of imidazole rings is 1. The summed E-state index contributed by atoms with van der Waals surface area (Å²) in [6, 6.07) is 14.2. The van der Waals surface area contributed by atoms with E-state index in [4.69, 9.17) is 19.5 Å². The Kier molecular flexibility index (Phi) is 7.76. The van der Waals surface area contributed by atoms with Crippen LogP contribution in [0.15, 0.2) is 47.5 Å². The number of hydrogen-bond acceptors (Lipinski definition) is 4. The van der Waals surface area contributed by atoms with Crippen molar-refractivity contribution in [2.45, 2.75) is 40.3 Å². The minimum absolute atomic E-state index is 0.0353. The summed E-state index contributed by atoms with van der Waals surface area (Å²) in [4.78, 5) is 9.48. The van der Waals surface area contributed by atoms with Gasteiger partial charge in [-0.15, -0.1) is 0 Å². The number of benzene rings is 2. The fourth-order valence-electron chi connectivity index (χ4n) is 3.43. The van der Waals surface area contributed by atoms with Crippen LogP contribution in [-0.4, -0.2) is 35.3 Å². The van der Waals surface area contributed by atoms with E-state index in [-0.39, 0.29) is 6.04 Å². The first-order chi connectivity index (χ1) is 15.1. The smallest absolute Gasteiger partial charge is 0.192 e. The molecule has 1 atom stereocenters. The topological polar surface area (TPSA) is 72.7 Å². The van der Waals surface area contributed by atoms with Gasteiger partial charge in [0.05, 0.1) is 30.3 Å². The zero-order valence-corrected chi connectivity index (χ0v) is 19.1. The van der Waals surface area contributed by atoms with Gasteiger partial charge < -0.3 is 24.7 Å². The third-order valence-electron chi connectivity index (χ3n) is 5.02. The van der Waals surface area contributed by atoms with Gasteiger partial charge in [-0.3, -0.25) is 0 Å². The predicted molar refractivity (Wildman–Crippen MR) is 126 cm³/mol. The van der Waals surface area contributed by atoms with Crippen LogP contribution in [0.5, 0.6) is 11.5 Å². The Hall–Kier alpha value is -3.22. The molecule has 166 valence electrons. The van der Waals surface area contributed by atoms with Crippen LogP contribution in [-0.2, 0) is 13.6 Å². The minimum atomic E-state index is 0.0353. The Bertz CT molecular complexity index is 1030. The van der Waals surface area contributed by atoms with Crippen LogP contribution < -0.4 is 20.1 Å². The van der Waals surface area contributed by atoms with E-state index in [0.717, 1.165) is 46.4 Å². The number of para-hydroxylation sites is 2. The van der Waals surface area contributed by atoms with Crippen LogP contribution in [0.1, 0.15) is 45.1 Å². The number of aromatic nitrogens is 2. The maximum Gasteiger partial charge on any atom is 0.192 e. The highest BCUT2D eigenvalue weighted by molar-refractivity contribution is 5.80. The highest BCUT2D eigenvalue weighted by atomic mass is 16.5. The molecule has 3 aromatic rings. The number of hydrogen-bond donors (Lipinski definition) is 2. The summed E-state index contributed by atoms with van der Waals surface area (Å²) in [6.45, 7) is 10.6. The van der Waals surface area contributed by atoms with Crippen molar-refractivity contribution in [2.75, 3.05) is 19.8 Å². The van der Waals surface area contributed by atoms with Gasteiger partial charge in [-0.05, 0) is 57.5 Å². The minimum Gasteiger partial charge on any atom is -0.490 e. The first-order valence-corrected chi connectivity index (χ1v) is 10.9. The normalized spacial score (nSPS) is 12.6. The number of fused-ring (bicyclic) bond motifs is 1. The summed E-state index contributed by atoms with van der Waals surface area (Å²) < 4.78 is 13.5. The molecule has 0 aliphatic carbocycles. The summed E-state index contributed by atoms with van der Waals surface area (Å²) in [7, 11) is 2.03. The van der Waals surface area contributed by atoms with Gasteiger partial charge in [-0.25, -0.2) is 9.98 Å². The molecule has 0 saturated carbocycles. The number of nitrogens with one attached hydrogen (secondary N) is 2. The third kappa shape index (κ3) is 5.48.